The first-order valence-corrected chi connectivity index (χ1v) is 12.6. The van der Waals surface area contributed by atoms with Gasteiger partial charge in [-0.1, -0.05) is 66.7 Å². The number of nitrogens with zero attached hydrogens (tertiary/aromatic N) is 1. The number of hydrogen-bond donors (Lipinski definition) is 1. The molecule has 0 spiro atoms. The maximum atomic E-state index is 13.5. The Balaban J connectivity index is 1.57. The number of benzene rings is 4. The zero-order valence-electron chi connectivity index (χ0n) is 21.6. The summed E-state index contributed by atoms with van der Waals surface area (Å²) in [7, 11) is 0. The second-order valence-corrected chi connectivity index (χ2v) is 9.62. The molecule has 1 N–H and O–H groups in total. The van der Waals surface area contributed by atoms with Crippen molar-refractivity contribution >= 4 is 23.1 Å². The summed E-state index contributed by atoms with van der Waals surface area (Å²) in [5.74, 6) is -0.894. The number of carbonyl (C=O) groups is 2. The van der Waals surface area contributed by atoms with Crippen molar-refractivity contribution in [2.75, 3.05) is 4.90 Å². The summed E-state index contributed by atoms with van der Waals surface area (Å²) in [5.41, 5.74) is 5.67. The van der Waals surface area contributed by atoms with Crippen molar-refractivity contribution in [1.29, 1.82) is 0 Å². The summed E-state index contributed by atoms with van der Waals surface area (Å²) in [6.45, 7) is 6.19. The van der Waals surface area contributed by atoms with Crippen molar-refractivity contribution in [1.82, 2.24) is 0 Å². The van der Waals surface area contributed by atoms with Crippen molar-refractivity contribution in [3.63, 3.8) is 0 Å². The molecule has 5 heteroatoms. The summed E-state index contributed by atoms with van der Waals surface area (Å²) in [6.07, 6.45) is 0. The predicted molar refractivity (Wildman–Crippen MR) is 149 cm³/mol. The van der Waals surface area contributed by atoms with Crippen molar-refractivity contribution in [3.8, 4) is 5.75 Å². The van der Waals surface area contributed by atoms with Gasteiger partial charge in [0.1, 0.15) is 18.1 Å². The van der Waals surface area contributed by atoms with E-state index in [-0.39, 0.29) is 11.3 Å². The number of aryl methyl sites for hydroxylation is 3. The Morgan fingerprint density at radius 2 is 1.55 bits per heavy atom. The van der Waals surface area contributed by atoms with Crippen LogP contribution in [-0.4, -0.2) is 16.8 Å². The van der Waals surface area contributed by atoms with E-state index >= 15 is 0 Å². The lowest BCUT2D eigenvalue weighted by molar-refractivity contribution is -0.132. The minimum Gasteiger partial charge on any atom is -0.507 e. The smallest absolute Gasteiger partial charge is 0.300 e. The zero-order chi connectivity index (χ0) is 26.8. The van der Waals surface area contributed by atoms with E-state index in [1.165, 1.54) is 4.90 Å². The van der Waals surface area contributed by atoms with Crippen molar-refractivity contribution in [3.05, 3.63) is 136 Å². The van der Waals surface area contributed by atoms with E-state index in [1.54, 1.807) is 18.2 Å². The van der Waals surface area contributed by atoms with Crippen LogP contribution in [0, 0.1) is 20.8 Å². The Hall–Kier alpha value is -4.64. The number of ether oxygens (including phenoxy) is 1. The van der Waals surface area contributed by atoms with E-state index in [4.69, 9.17) is 4.74 Å². The first-order chi connectivity index (χ1) is 18.3. The molecule has 5 nitrogen and oxygen atoms in total. The molecule has 1 aliphatic heterocycles. The van der Waals surface area contributed by atoms with E-state index < -0.39 is 17.7 Å². The molecule has 0 aliphatic carbocycles. The standard InChI is InChI=1S/C33H29NO4/c1-21-10-9-14-26(18-21)34-30(27-15-8-7-11-22(27)2)29(32(36)33(34)37)31(35)25-16-17-28(23(3)19-25)38-20-24-12-5-4-6-13-24/h4-19,30,35H,20H2,1-3H3/b31-29+. The molecule has 0 saturated carbocycles. The normalized spacial score (nSPS) is 16.6. The number of aliphatic hydroxyl groups excluding tert-OH is 1. The Labute approximate surface area is 222 Å². The predicted octanol–water partition coefficient (Wildman–Crippen LogP) is 6.82. The van der Waals surface area contributed by atoms with Crippen molar-refractivity contribution in [2.24, 2.45) is 0 Å². The van der Waals surface area contributed by atoms with Gasteiger partial charge in [0.05, 0.1) is 11.6 Å². The van der Waals surface area contributed by atoms with Gasteiger partial charge in [-0.25, -0.2) is 0 Å². The van der Waals surface area contributed by atoms with Crippen molar-refractivity contribution < 1.29 is 19.4 Å². The molecular weight excluding hydrogens is 474 g/mol. The van der Waals surface area contributed by atoms with E-state index in [9.17, 15) is 14.7 Å². The first kappa shape index (κ1) is 25.0. The highest BCUT2D eigenvalue weighted by molar-refractivity contribution is 6.51. The molecule has 1 atom stereocenters. The second kappa shape index (κ2) is 10.4. The lowest BCUT2D eigenvalue weighted by atomic mass is 9.92. The highest BCUT2D eigenvalue weighted by Gasteiger charge is 2.47. The molecule has 190 valence electrons. The summed E-state index contributed by atoms with van der Waals surface area (Å²) in [4.78, 5) is 28.4. The molecule has 38 heavy (non-hydrogen) atoms. The third-order valence-corrected chi connectivity index (χ3v) is 6.89. The number of ketones is 1. The average molecular weight is 504 g/mol. The molecule has 5 rings (SSSR count). The lowest BCUT2D eigenvalue weighted by Gasteiger charge is -2.27. The van der Waals surface area contributed by atoms with Gasteiger partial charge in [0.15, 0.2) is 0 Å². The second-order valence-electron chi connectivity index (χ2n) is 9.62. The Morgan fingerprint density at radius 3 is 2.26 bits per heavy atom. The van der Waals surface area contributed by atoms with Crippen LogP contribution in [0.2, 0.25) is 0 Å². The minimum absolute atomic E-state index is 0.0724. The van der Waals surface area contributed by atoms with Gasteiger partial charge < -0.3 is 9.84 Å². The van der Waals surface area contributed by atoms with Crippen LogP contribution in [0.4, 0.5) is 5.69 Å². The molecule has 0 aromatic heterocycles. The minimum atomic E-state index is -0.757. The lowest BCUT2D eigenvalue weighted by Crippen LogP contribution is -2.29. The summed E-state index contributed by atoms with van der Waals surface area (Å²) in [6, 6.07) is 29.5. The van der Waals surface area contributed by atoms with E-state index in [2.05, 4.69) is 0 Å². The van der Waals surface area contributed by atoms with Gasteiger partial charge >= 0.3 is 0 Å². The van der Waals surface area contributed by atoms with Gasteiger partial charge in [-0.3, -0.25) is 14.5 Å². The fourth-order valence-corrected chi connectivity index (χ4v) is 4.91. The van der Waals surface area contributed by atoms with Gasteiger partial charge in [0.2, 0.25) is 0 Å². The Bertz CT molecular complexity index is 1550. The van der Waals surface area contributed by atoms with Crippen LogP contribution in [-0.2, 0) is 16.2 Å². The maximum absolute atomic E-state index is 13.5. The van der Waals surface area contributed by atoms with E-state index in [1.807, 2.05) is 99.6 Å². The third-order valence-electron chi connectivity index (χ3n) is 6.89. The summed E-state index contributed by atoms with van der Waals surface area (Å²) >= 11 is 0. The molecule has 0 radical (unpaired) electrons. The van der Waals surface area contributed by atoms with Gasteiger partial charge in [0.25, 0.3) is 11.7 Å². The van der Waals surface area contributed by atoms with Crippen LogP contribution in [0.15, 0.2) is 103 Å². The molecule has 1 aliphatic rings. The van der Waals surface area contributed by atoms with Crippen LogP contribution in [0.1, 0.15) is 39.4 Å². The number of hydrogen-bond acceptors (Lipinski definition) is 4. The monoisotopic (exact) mass is 503 g/mol. The SMILES string of the molecule is Cc1cccc(N2C(=O)C(=O)/C(=C(/O)c3ccc(OCc4ccccc4)c(C)c3)C2c2ccccc2C)c1. The van der Waals surface area contributed by atoms with Gasteiger partial charge in [0, 0.05) is 11.3 Å². The van der Waals surface area contributed by atoms with Gasteiger partial charge in [-0.15, -0.1) is 0 Å². The summed E-state index contributed by atoms with van der Waals surface area (Å²) in [5, 5.41) is 11.5. The fraction of sp³-hybridized carbons (Fsp3) is 0.152. The van der Waals surface area contributed by atoms with E-state index in [0.29, 0.717) is 23.6 Å². The van der Waals surface area contributed by atoms with Crippen LogP contribution >= 0.6 is 0 Å². The molecule has 1 saturated heterocycles. The number of rotatable bonds is 6. The Kier molecular flexibility index (Phi) is 6.84. The molecule has 1 amide bonds. The number of amides is 1. The van der Waals surface area contributed by atoms with E-state index in [0.717, 1.165) is 27.8 Å². The number of carbonyl (C=O) groups excluding carboxylic acids is 2. The van der Waals surface area contributed by atoms with Crippen LogP contribution in [0.25, 0.3) is 5.76 Å². The van der Waals surface area contributed by atoms with Gasteiger partial charge in [-0.05, 0) is 78.9 Å². The van der Waals surface area contributed by atoms with Crippen LogP contribution in [0.3, 0.4) is 0 Å². The fourth-order valence-electron chi connectivity index (χ4n) is 4.91. The highest BCUT2D eigenvalue weighted by Crippen LogP contribution is 2.43. The maximum Gasteiger partial charge on any atom is 0.300 e. The number of aliphatic hydroxyl groups is 1. The first-order valence-electron chi connectivity index (χ1n) is 12.6. The zero-order valence-corrected chi connectivity index (χ0v) is 21.6. The molecule has 4 aromatic carbocycles. The summed E-state index contributed by atoms with van der Waals surface area (Å²) < 4.78 is 5.99. The molecule has 4 aromatic rings. The molecule has 0 bridgehead atoms. The Morgan fingerprint density at radius 1 is 0.816 bits per heavy atom. The van der Waals surface area contributed by atoms with Gasteiger partial charge in [-0.2, -0.15) is 0 Å². The van der Waals surface area contributed by atoms with Crippen LogP contribution in [0.5, 0.6) is 5.75 Å². The molecule has 1 fully saturated rings. The highest BCUT2D eigenvalue weighted by atomic mass is 16.5. The van der Waals surface area contributed by atoms with Crippen molar-refractivity contribution in [2.45, 2.75) is 33.4 Å². The average Bonchev–Trinajstić information content (AvgIpc) is 3.18. The van der Waals surface area contributed by atoms with Crippen LogP contribution < -0.4 is 9.64 Å². The quantitative estimate of drug-likeness (QED) is 0.178. The number of Topliss-reactive ketones (excluding diaryl/α,β-unsaturated/α-hetero) is 1. The third kappa shape index (κ3) is 4.71. The largest absolute Gasteiger partial charge is 0.507 e. The number of anilines is 1. The molecule has 1 heterocycles. The molecular formula is C33H29NO4. The molecule has 1 unspecified atom stereocenters. The topological polar surface area (TPSA) is 66.8 Å².